The van der Waals surface area contributed by atoms with Gasteiger partial charge >= 0.3 is 12.1 Å². The third-order valence-corrected chi connectivity index (χ3v) is 2.68. The fourth-order valence-electron chi connectivity index (χ4n) is 1.72. The maximum Gasteiger partial charge on any atom is 0.461 e. The fraction of sp³-hybridized carbons (Fsp3) is 0.273. The molecular formula is C11H6F5NO2. The lowest BCUT2D eigenvalue weighted by Gasteiger charge is -2.18. The maximum atomic E-state index is 12.9. The summed E-state index contributed by atoms with van der Waals surface area (Å²) >= 11 is 0. The lowest BCUT2D eigenvalue weighted by Crippen LogP contribution is -2.45. The van der Waals surface area contributed by atoms with Gasteiger partial charge in [0.25, 0.3) is 0 Å². The number of aromatic nitrogens is 1. The number of aliphatic hydroxyl groups is 1. The van der Waals surface area contributed by atoms with E-state index in [1.807, 2.05) is 0 Å². The Morgan fingerprint density at radius 2 is 1.89 bits per heavy atom. The van der Waals surface area contributed by atoms with Crippen molar-refractivity contribution in [2.75, 3.05) is 0 Å². The van der Waals surface area contributed by atoms with Gasteiger partial charge in [0.05, 0.1) is 5.57 Å². The van der Waals surface area contributed by atoms with Crippen LogP contribution in [0.25, 0.3) is 5.76 Å². The summed E-state index contributed by atoms with van der Waals surface area (Å²) < 4.78 is 62.2. The number of carbonyl (C=O) groups excluding carboxylic acids is 1. The van der Waals surface area contributed by atoms with E-state index in [4.69, 9.17) is 0 Å². The molecule has 1 heterocycles. The number of carbonyl (C=O) groups is 1. The molecule has 102 valence electrons. The van der Waals surface area contributed by atoms with Gasteiger partial charge in [0, 0.05) is 12.6 Å². The van der Waals surface area contributed by atoms with Crippen LogP contribution in [0.1, 0.15) is 11.3 Å². The van der Waals surface area contributed by atoms with Crippen LogP contribution in [0.3, 0.4) is 0 Å². The number of hydrogen-bond acceptors (Lipinski definition) is 3. The first-order chi connectivity index (χ1) is 8.66. The third kappa shape index (κ3) is 1.96. The van der Waals surface area contributed by atoms with E-state index in [0.29, 0.717) is 0 Å². The summed E-state index contributed by atoms with van der Waals surface area (Å²) in [5.74, 6) is -8.90. The monoisotopic (exact) mass is 279 g/mol. The SMILES string of the molecule is O=C(C1=C(O)c2ncccc2C1)C(F)(F)C(F)(F)F. The van der Waals surface area contributed by atoms with Gasteiger partial charge in [-0.3, -0.25) is 9.78 Å². The van der Waals surface area contributed by atoms with Crippen molar-refractivity contribution in [3.63, 3.8) is 0 Å². The summed E-state index contributed by atoms with van der Waals surface area (Å²) in [6.07, 6.45) is -5.27. The number of Topliss-reactive ketones (excluding diaryl/α,β-unsaturated/α-hetero) is 1. The maximum absolute atomic E-state index is 12.9. The summed E-state index contributed by atoms with van der Waals surface area (Å²) in [5.41, 5.74) is -0.902. The molecule has 0 aromatic carbocycles. The van der Waals surface area contributed by atoms with Gasteiger partial charge in [-0.15, -0.1) is 0 Å². The summed E-state index contributed by atoms with van der Waals surface area (Å²) in [6.45, 7) is 0. The molecule has 1 aromatic heterocycles. The molecule has 0 aliphatic heterocycles. The van der Waals surface area contributed by atoms with Gasteiger partial charge in [-0.25, -0.2) is 0 Å². The van der Waals surface area contributed by atoms with Crippen molar-refractivity contribution >= 4 is 11.5 Å². The molecule has 19 heavy (non-hydrogen) atoms. The molecule has 2 rings (SSSR count). The number of nitrogens with zero attached hydrogens (tertiary/aromatic N) is 1. The zero-order chi connectivity index (χ0) is 14.4. The number of pyridine rings is 1. The number of rotatable bonds is 2. The zero-order valence-electron chi connectivity index (χ0n) is 9.13. The number of allylic oxidation sites excluding steroid dienone is 1. The average molecular weight is 279 g/mol. The average Bonchev–Trinajstić information content (AvgIpc) is 2.65. The Balaban J connectivity index is 2.42. The zero-order valence-corrected chi connectivity index (χ0v) is 9.13. The Morgan fingerprint density at radius 3 is 2.42 bits per heavy atom. The molecule has 0 saturated heterocycles. The number of alkyl halides is 5. The minimum atomic E-state index is -6.00. The van der Waals surface area contributed by atoms with E-state index in [1.165, 1.54) is 18.3 Å². The van der Waals surface area contributed by atoms with E-state index in [2.05, 4.69) is 4.98 Å². The van der Waals surface area contributed by atoms with Crippen LogP contribution in [0.4, 0.5) is 22.0 Å². The predicted molar refractivity (Wildman–Crippen MR) is 53.5 cm³/mol. The molecule has 0 unspecified atom stereocenters. The van der Waals surface area contributed by atoms with Crippen molar-refractivity contribution < 1.29 is 31.9 Å². The first kappa shape index (κ1) is 13.4. The minimum absolute atomic E-state index is 0.149. The van der Waals surface area contributed by atoms with Gasteiger partial charge in [-0.2, -0.15) is 22.0 Å². The van der Waals surface area contributed by atoms with Crippen molar-refractivity contribution in [2.45, 2.75) is 18.5 Å². The second-order valence-electron chi connectivity index (χ2n) is 3.92. The van der Waals surface area contributed by atoms with E-state index < -0.39 is 35.6 Å². The van der Waals surface area contributed by atoms with Crippen molar-refractivity contribution in [1.82, 2.24) is 4.98 Å². The van der Waals surface area contributed by atoms with Crippen LogP contribution in [0, 0.1) is 0 Å². The predicted octanol–water partition coefficient (Wildman–Crippen LogP) is 2.67. The largest absolute Gasteiger partial charge is 0.505 e. The quantitative estimate of drug-likeness (QED) is 0.847. The molecule has 0 bridgehead atoms. The Labute approximate surface area is 103 Å². The highest BCUT2D eigenvalue weighted by Crippen LogP contribution is 2.41. The van der Waals surface area contributed by atoms with Gasteiger partial charge < -0.3 is 5.11 Å². The molecule has 1 aliphatic carbocycles. The Bertz CT molecular complexity index is 577. The summed E-state index contributed by atoms with van der Waals surface area (Å²) in [5, 5.41) is 9.54. The summed E-state index contributed by atoms with van der Waals surface area (Å²) in [4.78, 5) is 14.9. The molecule has 3 nitrogen and oxygen atoms in total. The number of halogens is 5. The van der Waals surface area contributed by atoms with Gasteiger partial charge in [0.1, 0.15) is 11.5 Å². The van der Waals surface area contributed by atoms with Crippen LogP contribution in [0.15, 0.2) is 23.9 Å². The highest BCUT2D eigenvalue weighted by atomic mass is 19.4. The lowest BCUT2D eigenvalue weighted by atomic mass is 10.0. The van der Waals surface area contributed by atoms with Crippen LogP contribution in [-0.2, 0) is 11.2 Å². The fourth-order valence-corrected chi connectivity index (χ4v) is 1.72. The molecule has 0 fully saturated rings. The van der Waals surface area contributed by atoms with E-state index in [9.17, 15) is 31.9 Å². The van der Waals surface area contributed by atoms with Crippen molar-refractivity contribution in [3.05, 3.63) is 35.2 Å². The Kier molecular flexibility index (Phi) is 2.83. The third-order valence-electron chi connectivity index (χ3n) is 2.68. The van der Waals surface area contributed by atoms with Crippen LogP contribution < -0.4 is 0 Å². The molecule has 0 atom stereocenters. The van der Waals surface area contributed by atoms with E-state index in [1.54, 1.807) is 0 Å². The van der Waals surface area contributed by atoms with E-state index in [0.717, 1.165) is 0 Å². The van der Waals surface area contributed by atoms with Crippen LogP contribution in [0.5, 0.6) is 0 Å². The first-order valence-electron chi connectivity index (χ1n) is 5.02. The number of aliphatic hydroxyl groups excluding tert-OH is 1. The normalized spacial score (nSPS) is 15.6. The Morgan fingerprint density at radius 1 is 1.26 bits per heavy atom. The lowest BCUT2D eigenvalue weighted by molar-refractivity contribution is -0.266. The molecule has 0 radical (unpaired) electrons. The molecule has 8 heteroatoms. The molecule has 0 saturated carbocycles. The summed E-state index contributed by atoms with van der Waals surface area (Å²) in [7, 11) is 0. The highest BCUT2D eigenvalue weighted by Gasteiger charge is 2.64. The van der Waals surface area contributed by atoms with E-state index >= 15 is 0 Å². The van der Waals surface area contributed by atoms with Crippen molar-refractivity contribution in [3.8, 4) is 0 Å². The highest BCUT2D eigenvalue weighted by molar-refractivity contribution is 6.07. The van der Waals surface area contributed by atoms with Gasteiger partial charge in [-0.1, -0.05) is 6.07 Å². The van der Waals surface area contributed by atoms with Crippen LogP contribution in [0.2, 0.25) is 0 Å². The van der Waals surface area contributed by atoms with Gasteiger partial charge in [0.15, 0.2) is 0 Å². The van der Waals surface area contributed by atoms with Crippen LogP contribution >= 0.6 is 0 Å². The summed E-state index contributed by atoms with van der Waals surface area (Å²) in [6, 6.07) is 2.80. The standard InChI is InChI=1S/C11H6F5NO2/c12-10(13,11(14,15)16)9(19)6-4-5-2-1-3-17-7(5)8(6)18/h1-3,18H,4H2. The number of hydrogen-bond donors (Lipinski definition) is 1. The van der Waals surface area contributed by atoms with Gasteiger partial charge in [0.2, 0.25) is 5.78 Å². The van der Waals surface area contributed by atoms with Crippen molar-refractivity contribution in [2.24, 2.45) is 0 Å². The molecule has 1 aliphatic rings. The molecular weight excluding hydrogens is 273 g/mol. The smallest absolute Gasteiger partial charge is 0.461 e. The second kappa shape index (κ2) is 4.01. The van der Waals surface area contributed by atoms with Crippen LogP contribution in [-0.4, -0.2) is 28.0 Å². The van der Waals surface area contributed by atoms with Crippen molar-refractivity contribution in [1.29, 1.82) is 0 Å². The molecule has 1 aromatic rings. The minimum Gasteiger partial charge on any atom is -0.505 e. The Hall–Kier alpha value is -1.99. The van der Waals surface area contributed by atoms with E-state index in [-0.39, 0.29) is 11.3 Å². The van der Waals surface area contributed by atoms with Gasteiger partial charge in [-0.05, 0) is 11.6 Å². The molecule has 0 spiro atoms. The molecule has 1 N–H and O–H groups in total. The first-order valence-corrected chi connectivity index (χ1v) is 5.02. The topological polar surface area (TPSA) is 50.2 Å². The number of fused-ring (bicyclic) bond motifs is 1. The molecule has 0 amide bonds. The second-order valence-corrected chi connectivity index (χ2v) is 3.92. The number of ketones is 1.